The van der Waals surface area contributed by atoms with Crippen LogP contribution in [0.4, 0.5) is 0 Å². The zero-order chi connectivity index (χ0) is 25.9. The first-order chi connectivity index (χ1) is 17.8. The second-order valence-corrected chi connectivity index (χ2v) is 10.1. The molecule has 4 aromatic rings. The highest BCUT2D eigenvalue weighted by Gasteiger charge is 2.44. The number of phenolic OH excluding ortho intramolecular Hbond substituents is 1. The first-order valence-electron chi connectivity index (χ1n) is 12.0. The molecule has 6 rings (SSSR count). The Kier molecular flexibility index (Phi) is 5.18. The van der Waals surface area contributed by atoms with E-state index in [9.17, 15) is 9.90 Å². The molecule has 0 radical (unpaired) electrons. The molecular formula is C28H26N4O5. The zero-order valence-electron chi connectivity index (χ0n) is 21.0. The van der Waals surface area contributed by atoms with Crippen molar-refractivity contribution in [3.05, 3.63) is 71.3 Å². The molecule has 1 atom stereocenters. The molecule has 0 saturated carbocycles. The average molecular weight is 499 g/mol. The number of Topliss-reactive ketones (excluding diaryl/α,β-unsaturated/α-hetero) is 1. The second-order valence-electron chi connectivity index (χ2n) is 10.1. The van der Waals surface area contributed by atoms with Gasteiger partial charge in [0.25, 0.3) is 0 Å². The fourth-order valence-corrected chi connectivity index (χ4v) is 5.29. The molecule has 0 fully saturated rings. The number of aromatic hydroxyl groups is 1. The molecular weight excluding hydrogens is 472 g/mol. The van der Waals surface area contributed by atoms with Gasteiger partial charge in [-0.2, -0.15) is 0 Å². The summed E-state index contributed by atoms with van der Waals surface area (Å²) in [7, 11) is 3.16. The zero-order valence-corrected chi connectivity index (χ0v) is 21.0. The number of fused-ring (bicyclic) bond motifs is 3. The van der Waals surface area contributed by atoms with Gasteiger partial charge in [-0.25, -0.2) is 14.5 Å². The van der Waals surface area contributed by atoms with E-state index in [0.29, 0.717) is 64.2 Å². The largest absolute Gasteiger partial charge is 0.507 e. The minimum atomic E-state index is -0.500. The van der Waals surface area contributed by atoms with Crippen molar-refractivity contribution < 1.29 is 24.1 Å². The van der Waals surface area contributed by atoms with Crippen LogP contribution in [0.3, 0.4) is 0 Å². The maximum absolute atomic E-state index is 13.6. The number of aromatic nitrogens is 4. The molecule has 1 N–H and O–H groups in total. The van der Waals surface area contributed by atoms with Crippen molar-refractivity contribution in [2.24, 2.45) is 5.41 Å². The maximum atomic E-state index is 13.6. The fraction of sp³-hybridized carbons (Fsp3) is 0.286. The number of carbonyl (C=O) groups is 1. The van der Waals surface area contributed by atoms with Gasteiger partial charge in [-0.05, 0) is 35.2 Å². The average Bonchev–Trinajstić information content (AvgIpc) is 3.31. The van der Waals surface area contributed by atoms with Crippen LogP contribution in [0.25, 0.3) is 17.0 Å². The molecule has 9 nitrogen and oxygen atoms in total. The van der Waals surface area contributed by atoms with Gasteiger partial charge in [0.1, 0.15) is 17.8 Å². The summed E-state index contributed by atoms with van der Waals surface area (Å²) in [6.07, 6.45) is 2.55. The molecule has 3 heterocycles. The lowest BCUT2D eigenvalue weighted by Crippen LogP contribution is -2.33. The normalized spacial score (nSPS) is 18.3. The van der Waals surface area contributed by atoms with Gasteiger partial charge in [0.05, 0.1) is 31.3 Å². The number of allylic oxidation sites excluding steroid dienone is 2. The standard InChI is InChI=1S/C28H26N4O5/c1-28(2)12-18(34)23-21(13-28)37-27-24(22(23)15-9-10-19(35-3)20(11-15)36-4)26-30-25(31-32(26)14-29-27)16-7-5-6-8-17(16)33/h5-11,14,22,33H,12-13H2,1-4H3. The van der Waals surface area contributed by atoms with E-state index >= 15 is 0 Å². The Hall–Kier alpha value is -4.40. The van der Waals surface area contributed by atoms with Crippen LogP contribution in [0.5, 0.6) is 23.1 Å². The van der Waals surface area contributed by atoms with Crippen LogP contribution in [-0.4, -0.2) is 44.7 Å². The van der Waals surface area contributed by atoms with Gasteiger partial charge in [0.2, 0.25) is 5.88 Å². The van der Waals surface area contributed by atoms with Crippen LogP contribution < -0.4 is 14.2 Å². The van der Waals surface area contributed by atoms with E-state index in [2.05, 4.69) is 23.9 Å². The van der Waals surface area contributed by atoms with Gasteiger partial charge in [0.15, 0.2) is 28.8 Å². The summed E-state index contributed by atoms with van der Waals surface area (Å²) >= 11 is 0. The summed E-state index contributed by atoms with van der Waals surface area (Å²) < 4.78 is 18.9. The van der Waals surface area contributed by atoms with Crippen LogP contribution in [0, 0.1) is 5.41 Å². The van der Waals surface area contributed by atoms with E-state index in [1.165, 1.54) is 6.33 Å². The minimum Gasteiger partial charge on any atom is -0.507 e. The number of para-hydroxylation sites is 1. The van der Waals surface area contributed by atoms with E-state index in [1.54, 1.807) is 36.9 Å². The van der Waals surface area contributed by atoms with Crippen LogP contribution in [0.15, 0.2) is 60.1 Å². The lowest BCUT2D eigenvalue weighted by Gasteiger charge is -2.37. The summed E-state index contributed by atoms with van der Waals surface area (Å²) in [6, 6.07) is 12.5. The smallest absolute Gasteiger partial charge is 0.228 e. The molecule has 188 valence electrons. The molecule has 37 heavy (non-hydrogen) atoms. The number of ketones is 1. The SMILES string of the molecule is COc1ccc(C2C3=C(CC(C)(C)CC3=O)Oc3ncn4nc(-c5ccccc5O)nc4c32)cc1OC. The Morgan fingerprint density at radius 2 is 1.86 bits per heavy atom. The number of rotatable bonds is 4. The highest BCUT2D eigenvalue weighted by atomic mass is 16.5. The van der Waals surface area contributed by atoms with Crippen LogP contribution in [0.1, 0.15) is 43.7 Å². The highest BCUT2D eigenvalue weighted by Crippen LogP contribution is 2.51. The number of carbonyl (C=O) groups excluding carboxylic acids is 1. The molecule has 0 saturated heterocycles. The van der Waals surface area contributed by atoms with Crippen molar-refractivity contribution >= 4 is 11.4 Å². The van der Waals surface area contributed by atoms with Crippen molar-refractivity contribution in [2.75, 3.05) is 14.2 Å². The highest BCUT2D eigenvalue weighted by molar-refractivity contribution is 6.00. The Balaban J connectivity index is 1.62. The first kappa shape index (κ1) is 23.0. The monoisotopic (exact) mass is 498 g/mol. The summed E-state index contributed by atoms with van der Waals surface area (Å²) in [5.74, 6) is 2.09. The quantitative estimate of drug-likeness (QED) is 0.432. The predicted octanol–water partition coefficient (Wildman–Crippen LogP) is 4.68. The number of ether oxygens (including phenoxy) is 3. The van der Waals surface area contributed by atoms with Crippen LogP contribution >= 0.6 is 0 Å². The Labute approximate surface area is 213 Å². The fourth-order valence-electron chi connectivity index (χ4n) is 5.29. The molecule has 2 aromatic heterocycles. The van der Waals surface area contributed by atoms with Gasteiger partial charge in [-0.1, -0.05) is 32.0 Å². The van der Waals surface area contributed by atoms with Gasteiger partial charge in [0, 0.05) is 18.4 Å². The molecule has 1 aliphatic carbocycles. The topological polar surface area (TPSA) is 108 Å². The second kappa shape index (κ2) is 8.33. The van der Waals surface area contributed by atoms with Crippen LogP contribution in [-0.2, 0) is 4.79 Å². The van der Waals surface area contributed by atoms with Crippen molar-refractivity contribution in [3.63, 3.8) is 0 Å². The Morgan fingerprint density at radius 3 is 2.62 bits per heavy atom. The molecule has 0 amide bonds. The summed E-state index contributed by atoms with van der Waals surface area (Å²) in [5.41, 5.74) is 2.82. The number of methoxy groups -OCH3 is 2. The van der Waals surface area contributed by atoms with Crippen molar-refractivity contribution in [1.82, 2.24) is 19.6 Å². The Morgan fingerprint density at radius 1 is 1.08 bits per heavy atom. The van der Waals surface area contributed by atoms with E-state index < -0.39 is 5.92 Å². The van der Waals surface area contributed by atoms with Gasteiger partial charge in [-0.3, -0.25) is 4.79 Å². The molecule has 2 aromatic carbocycles. The predicted molar refractivity (Wildman–Crippen MR) is 135 cm³/mol. The van der Waals surface area contributed by atoms with Crippen molar-refractivity contribution in [2.45, 2.75) is 32.6 Å². The molecule has 1 unspecified atom stereocenters. The van der Waals surface area contributed by atoms with Crippen molar-refractivity contribution in [3.8, 4) is 34.5 Å². The van der Waals surface area contributed by atoms with E-state index in [1.807, 2.05) is 24.3 Å². The molecule has 2 aliphatic rings. The minimum absolute atomic E-state index is 0.0270. The van der Waals surface area contributed by atoms with Gasteiger partial charge >= 0.3 is 0 Å². The van der Waals surface area contributed by atoms with Gasteiger partial charge in [-0.15, -0.1) is 5.10 Å². The molecule has 0 bridgehead atoms. The summed E-state index contributed by atoms with van der Waals surface area (Å²) in [4.78, 5) is 23.0. The number of nitrogens with zero attached hydrogens (tertiary/aromatic N) is 4. The number of phenols is 1. The lowest BCUT2D eigenvalue weighted by atomic mass is 9.70. The molecule has 1 aliphatic heterocycles. The first-order valence-corrected chi connectivity index (χ1v) is 12.0. The molecule has 9 heteroatoms. The summed E-state index contributed by atoms with van der Waals surface area (Å²) in [5, 5.41) is 15.0. The van der Waals surface area contributed by atoms with E-state index in [4.69, 9.17) is 19.2 Å². The third-order valence-corrected chi connectivity index (χ3v) is 6.95. The molecule has 0 spiro atoms. The third kappa shape index (κ3) is 3.69. The van der Waals surface area contributed by atoms with E-state index in [-0.39, 0.29) is 16.9 Å². The van der Waals surface area contributed by atoms with Crippen molar-refractivity contribution in [1.29, 1.82) is 0 Å². The maximum Gasteiger partial charge on any atom is 0.228 e. The number of hydrogen-bond donors (Lipinski definition) is 1. The lowest BCUT2D eigenvalue weighted by molar-refractivity contribution is -0.118. The van der Waals surface area contributed by atoms with E-state index in [0.717, 1.165) is 5.56 Å². The van der Waals surface area contributed by atoms with Gasteiger partial charge < -0.3 is 19.3 Å². The third-order valence-electron chi connectivity index (χ3n) is 6.95. The summed E-state index contributed by atoms with van der Waals surface area (Å²) in [6.45, 7) is 4.12. The number of hydrogen-bond acceptors (Lipinski definition) is 8. The number of benzene rings is 2. The van der Waals surface area contributed by atoms with Crippen LogP contribution in [0.2, 0.25) is 0 Å². The Bertz CT molecular complexity index is 1600.